The van der Waals surface area contributed by atoms with E-state index in [2.05, 4.69) is 41.5 Å². The third kappa shape index (κ3) is 13.7. The minimum atomic E-state index is 0.150. The van der Waals surface area contributed by atoms with Gasteiger partial charge < -0.3 is 14.2 Å². The quantitative estimate of drug-likeness (QED) is 0.526. The summed E-state index contributed by atoms with van der Waals surface area (Å²) >= 11 is 0. The van der Waals surface area contributed by atoms with Crippen molar-refractivity contribution in [2.24, 2.45) is 23.7 Å². The zero-order chi connectivity index (χ0) is 20.7. The number of ether oxygens (including phenoxy) is 3. The molecule has 164 valence electrons. The van der Waals surface area contributed by atoms with Crippen molar-refractivity contribution < 1.29 is 14.2 Å². The Morgan fingerprint density at radius 2 is 1.41 bits per heavy atom. The van der Waals surface area contributed by atoms with Crippen molar-refractivity contribution in [1.29, 1.82) is 0 Å². The summed E-state index contributed by atoms with van der Waals surface area (Å²) in [5.41, 5.74) is 0.150. The second-order valence-corrected chi connectivity index (χ2v) is 9.01. The van der Waals surface area contributed by atoms with Crippen LogP contribution in [0.4, 0.5) is 0 Å². The minimum absolute atomic E-state index is 0.150. The van der Waals surface area contributed by atoms with Gasteiger partial charge in [0, 0.05) is 33.0 Å². The van der Waals surface area contributed by atoms with E-state index in [4.69, 9.17) is 14.2 Å². The van der Waals surface area contributed by atoms with Gasteiger partial charge in [-0.15, -0.1) is 0 Å². The van der Waals surface area contributed by atoms with Crippen molar-refractivity contribution >= 4 is 0 Å². The third-order valence-corrected chi connectivity index (χ3v) is 5.87. The third-order valence-electron chi connectivity index (χ3n) is 5.87. The van der Waals surface area contributed by atoms with Gasteiger partial charge in [0.2, 0.25) is 0 Å². The summed E-state index contributed by atoms with van der Waals surface area (Å²) in [6.07, 6.45) is 7.57. The summed E-state index contributed by atoms with van der Waals surface area (Å²) in [5, 5.41) is 0. The van der Waals surface area contributed by atoms with E-state index in [0.717, 1.165) is 56.7 Å². The molecule has 0 N–H and O–H groups in total. The normalized spacial score (nSPS) is 28.4. The molecule has 3 aliphatic rings. The molecule has 3 saturated heterocycles. The molecule has 3 aliphatic heterocycles. The Morgan fingerprint density at radius 3 is 1.74 bits per heavy atom. The zero-order valence-electron chi connectivity index (χ0n) is 19.8. The highest BCUT2D eigenvalue weighted by molar-refractivity contribution is 4.76. The molecule has 0 aliphatic carbocycles. The summed E-state index contributed by atoms with van der Waals surface area (Å²) in [4.78, 5) is 0. The average Bonchev–Trinajstić information content (AvgIpc) is 3.18. The Labute approximate surface area is 170 Å². The van der Waals surface area contributed by atoms with Gasteiger partial charge in [0.1, 0.15) is 0 Å². The lowest BCUT2D eigenvalue weighted by Crippen LogP contribution is -2.32. The molecule has 3 heteroatoms. The molecule has 0 saturated carbocycles. The van der Waals surface area contributed by atoms with Crippen molar-refractivity contribution in [2.45, 2.75) is 99.5 Å². The number of hydrogen-bond donors (Lipinski definition) is 0. The van der Waals surface area contributed by atoms with E-state index in [1.54, 1.807) is 0 Å². The maximum absolute atomic E-state index is 5.54. The van der Waals surface area contributed by atoms with E-state index in [-0.39, 0.29) is 5.60 Å². The first-order valence-electron chi connectivity index (χ1n) is 11.6. The molecule has 27 heavy (non-hydrogen) atoms. The molecule has 0 spiro atoms. The van der Waals surface area contributed by atoms with Gasteiger partial charge in [0.05, 0.1) is 5.60 Å². The van der Waals surface area contributed by atoms with Crippen LogP contribution in [0, 0.1) is 23.7 Å². The van der Waals surface area contributed by atoms with Crippen LogP contribution < -0.4 is 0 Å². The summed E-state index contributed by atoms with van der Waals surface area (Å²) in [7, 11) is 0. The Morgan fingerprint density at radius 1 is 0.852 bits per heavy atom. The summed E-state index contributed by atoms with van der Waals surface area (Å²) in [6.45, 7) is 22.4. The van der Waals surface area contributed by atoms with Crippen LogP contribution in [0.3, 0.4) is 0 Å². The van der Waals surface area contributed by atoms with Crippen LogP contribution in [0.5, 0.6) is 0 Å². The standard InChI is InChI=1S/2C8H16O.C6H12O.C2H6/c1-7-4-5-9-8(2,3)6-7;1-3-7(2)8-4-5-9-6-8;1-6-2-4-7-5-3-6;1-2/h7H,4-6H2,1-3H3;7-8H,3-6H2,1-2H3;6H,2-5H2,1H3;1-2H3/t7-;7?,8-;;/m11../s1. The Balaban J connectivity index is 0.000000361. The number of rotatable bonds is 2. The van der Waals surface area contributed by atoms with Gasteiger partial charge >= 0.3 is 0 Å². The molecular formula is C24H50O3. The molecule has 3 heterocycles. The smallest absolute Gasteiger partial charge is 0.0629 e. The first-order valence-corrected chi connectivity index (χ1v) is 11.6. The molecule has 1 unspecified atom stereocenters. The van der Waals surface area contributed by atoms with Gasteiger partial charge in [-0.1, -0.05) is 48.0 Å². The maximum Gasteiger partial charge on any atom is 0.0629 e. The van der Waals surface area contributed by atoms with Gasteiger partial charge in [-0.25, -0.2) is 0 Å². The first-order chi connectivity index (χ1) is 12.8. The average molecular weight is 387 g/mol. The highest BCUT2D eigenvalue weighted by Gasteiger charge is 2.25. The molecule has 0 aromatic rings. The van der Waals surface area contributed by atoms with Crippen molar-refractivity contribution in [2.75, 3.05) is 33.0 Å². The lowest BCUT2D eigenvalue weighted by Gasteiger charge is -2.33. The molecule has 0 amide bonds. The van der Waals surface area contributed by atoms with Crippen molar-refractivity contribution in [3.05, 3.63) is 0 Å². The Bertz CT molecular complexity index is 318. The van der Waals surface area contributed by atoms with Crippen LogP contribution in [0.25, 0.3) is 0 Å². The van der Waals surface area contributed by atoms with Crippen LogP contribution in [0.15, 0.2) is 0 Å². The van der Waals surface area contributed by atoms with Crippen molar-refractivity contribution in [3.63, 3.8) is 0 Å². The van der Waals surface area contributed by atoms with Crippen LogP contribution in [0.2, 0.25) is 0 Å². The van der Waals surface area contributed by atoms with E-state index in [1.807, 2.05) is 13.8 Å². The van der Waals surface area contributed by atoms with Crippen LogP contribution in [-0.2, 0) is 14.2 Å². The molecule has 3 rings (SSSR count). The van der Waals surface area contributed by atoms with Crippen molar-refractivity contribution in [1.82, 2.24) is 0 Å². The molecule has 0 bridgehead atoms. The monoisotopic (exact) mass is 386 g/mol. The molecule has 0 aromatic heterocycles. The van der Waals surface area contributed by atoms with E-state index >= 15 is 0 Å². The molecule has 3 atom stereocenters. The van der Waals surface area contributed by atoms with Gasteiger partial charge in [-0.05, 0) is 69.6 Å². The topological polar surface area (TPSA) is 27.7 Å². The van der Waals surface area contributed by atoms with Crippen LogP contribution in [0.1, 0.15) is 93.9 Å². The predicted molar refractivity (Wildman–Crippen MR) is 117 cm³/mol. The van der Waals surface area contributed by atoms with Gasteiger partial charge in [0.25, 0.3) is 0 Å². The second-order valence-electron chi connectivity index (χ2n) is 9.01. The number of hydrogen-bond acceptors (Lipinski definition) is 3. The van der Waals surface area contributed by atoms with E-state index < -0.39 is 0 Å². The fourth-order valence-electron chi connectivity index (χ4n) is 3.69. The van der Waals surface area contributed by atoms with E-state index in [0.29, 0.717) is 0 Å². The van der Waals surface area contributed by atoms with Gasteiger partial charge in [0.15, 0.2) is 0 Å². The summed E-state index contributed by atoms with van der Waals surface area (Å²) in [5.74, 6) is 3.49. The molecule has 0 aromatic carbocycles. The van der Waals surface area contributed by atoms with E-state index in [1.165, 1.54) is 38.5 Å². The largest absolute Gasteiger partial charge is 0.381 e. The Hall–Kier alpha value is -0.120. The van der Waals surface area contributed by atoms with Gasteiger partial charge in [-0.3, -0.25) is 0 Å². The minimum Gasteiger partial charge on any atom is -0.381 e. The van der Waals surface area contributed by atoms with Crippen LogP contribution in [-0.4, -0.2) is 38.6 Å². The zero-order valence-corrected chi connectivity index (χ0v) is 19.8. The van der Waals surface area contributed by atoms with E-state index in [9.17, 15) is 0 Å². The van der Waals surface area contributed by atoms with Gasteiger partial charge in [-0.2, -0.15) is 0 Å². The summed E-state index contributed by atoms with van der Waals surface area (Å²) in [6, 6.07) is 0. The lowest BCUT2D eigenvalue weighted by molar-refractivity contribution is -0.0690. The molecular weight excluding hydrogens is 336 g/mol. The maximum atomic E-state index is 5.54. The fraction of sp³-hybridized carbons (Fsp3) is 1.00. The molecule has 3 fully saturated rings. The highest BCUT2D eigenvalue weighted by atomic mass is 16.5. The summed E-state index contributed by atoms with van der Waals surface area (Å²) < 4.78 is 16.0. The highest BCUT2D eigenvalue weighted by Crippen LogP contribution is 2.27. The van der Waals surface area contributed by atoms with Crippen LogP contribution >= 0.6 is 0 Å². The Kier molecular flexibility index (Phi) is 15.7. The van der Waals surface area contributed by atoms with Crippen molar-refractivity contribution in [3.8, 4) is 0 Å². The predicted octanol–water partition coefficient (Wildman–Crippen LogP) is 6.74. The SMILES string of the molecule is CC.CC1CCOCC1.CCC(C)[C@@H]1CCOC1.C[C@@H]1CCOC(C)(C)C1. The second kappa shape index (κ2) is 15.8. The lowest BCUT2D eigenvalue weighted by atomic mass is 9.90. The fourth-order valence-corrected chi connectivity index (χ4v) is 3.69. The first kappa shape index (κ1) is 26.9. The molecule has 0 radical (unpaired) electrons. The molecule has 3 nitrogen and oxygen atoms in total.